The number of rotatable bonds is 3. The van der Waals surface area contributed by atoms with E-state index in [0.29, 0.717) is 11.6 Å². The van der Waals surface area contributed by atoms with Gasteiger partial charge in [0, 0.05) is 49.9 Å². The molecule has 0 radical (unpaired) electrons. The van der Waals surface area contributed by atoms with E-state index in [-0.39, 0.29) is 5.91 Å². The van der Waals surface area contributed by atoms with Crippen LogP contribution < -0.4 is 4.90 Å². The van der Waals surface area contributed by atoms with Gasteiger partial charge in [0.05, 0.1) is 5.69 Å². The van der Waals surface area contributed by atoms with Gasteiger partial charge < -0.3 is 9.80 Å². The number of carbonyl (C=O) groups excluding carboxylic acids is 1. The maximum Gasteiger partial charge on any atom is 0.272 e. The number of nitrogens with zero attached hydrogens (tertiary/aromatic N) is 4. The van der Waals surface area contributed by atoms with Gasteiger partial charge in [-0.3, -0.25) is 9.48 Å². The number of aromatic nitrogens is 2. The summed E-state index contributed by atoms with van der Waals surface area (Å²) < 4.78 is 1.74. The Morgan fingerprint density at radius 2 is 1.79 bits per heavy atom. The van der Waals surface area contributed by atoms with Crippen LogP contribution in [0.5, 0.6) is 0 Å². The van der Waals surface area contributed by atoms with Crippen LogP contribution in [0.1, 0.15) is 34.9 Å². The zero-order valence-electron chi connectivity index (χ0n) is 13.8. The normalized spacial score (nSPS) is 18.1. The van der Waals surface area contributed by atoms with E-state index < -0.39 is 0 Å². The summed E-state index contributed by atoms with van der Waals surface area (Å²) in [6.07, 6.45) is 2.40. The molecule has 0 atom stereocenters. The fourth-order valence-electron chi connectivity index (χ4n) is 3.25. The molecule has 0 unspecified atom stereocenters. The topological polar surface area (TPSA) is 41.4 Å². The van der Waals surface area contributed by atoms with Gasteiger partial charge in [-0.2, -0.15) is 5.10 Å². The first-order valence-electron chi connectivity index (χ1n) is 8.45. The summed E-state index contributed by atoms with van der Waals surface area (Å²) in [5, 5.41) is 5.25. The van der Waals surface area contributed by atoms with Crippen LogP contribution in [0.2, 0.25) is 5.02 Å². The van der Waals surface area contributed by atoms with Crippen molar-refractivity contribution in [2.24, 2.45) is 7.05 Å². The molecule has 0 N–H and O–H groups in total. The van der Waals surface area contributed by atoms with E-state index in [2.05, 4.69) is 10.00 Å². The Labute approximate surface area is 146 Å². The van der Waals surface area contributed by atoms with Gasteiger partial charge in [-0.1, -0.05) is 11.6 Å². The molecule has 2 fully saturated rings. The van der Waals surface area contributed by atoms with Crippen LogP contribution in [-0.2, 0) is 7.05 Å². The number of amides is 1. The van der Waals surface area contributed by atoms with Crippen LogP contribution in [0, 0.1) is 0 Å². The van der Waals surface area contributed by atoms with Crippen molar-refractivity contribution in [3.8, 4) is 0 Å². The smallest absolute Gasteiger partial charge is 0.272 e. The van der Waals surface area contributed by atoms with E-state index in [4.69, 9.17) is 11.6 Å². The number of piperazine rings is 1. The Kier molecular flexibility index (Phi) is 3.96. The highest BCUT2D eigenvalue weighted by atomic mass is 35.5. The second kappa shape index (κ2) is 6.13. The van der Waals surface area contributed by atoms with Crippen molar-refractivity contribution in [1.82, 2.24) is 14.7 Å². The van der Waals surface area contributed by atoms with Gasteiger partial charge in [0.25, 0.3) is 5.91 Å². The Balaban J connectivity index is 1.41. The number of halogens is 1. The second-order valence-electron chi connectivity index (χ2n) is 6.61. The summed E-state index contributed by atoms with van der Waals surface area (Å²) >= 11 is 5.95. The lowest BCUT2D eigenvalue weighted by Crippen LogP contribution is -2.49. The van der Waals surface area contributed by atoms with Gasteiger partial charge in [-0.15, -0.1) is 0 Å². The van der Waals surface area contributed by atoms with Gasteiger partial charge in [0.1, 0.15) is 5.69 Å². The molecule has 4 rings (SSSR count). The molecule has 24 heavy (non-hydrogen) atoms. The van der Waals surface area contributed by atoms with Crippen molar-refractivity contribution in [3.05, 3.63) is 46.7 Å². The molecule has 6 heteroatoms. The number of aryl methyl sites for hydroxylation is 1. The van der Waals surface area contributed by atoms with Gasteiger partial charge in [0.15, 0.2) is 0 Å². The van der Waals surface area contributed by atoms with E-state index in [1.165, 1.54) is 12.8 Å². The van der Waals surface area contributed by atoms with Crippen LogP contribution >= 0.6 is 11.6 Å². The average Bonchev–Trinajstić information content (AvgIpc) is 3.38. The van der Waals surface area contributed by atoms with Crippen LogP contribution in [0.25, 0.3) is 0 Å². The van der Waals surface area contributed by atoms with Crippen LogP contribution in [0.3, 0.4) is 0 Å². The van der Waals surface area contributed by atoms with Crippen LogP contribution in [0.4, 0.5) is 5.69 Å². The lowest BCUT2D eigenvalue weighted by atomic mass is 10.2. The summed E-state index contributed by atoms with van der Waals surface area (Å²) in [6.45, 7) is 3.12. The lowest BCUT2D eigenvalue weighted by molar-refractivity contribution is 0.0735. The Bertz CT molecular complexity index is 743. The number of anilines is 1. The minimum Gasteiger partial charge on any atom is -0.368 e. The molecule has 1 aliphatic heterocycles. The monoisotopic (exact) mass is 344 g/mol. The molecule has 0 spiro atoms. The molecule has 1 aromatic carbocycles. The maximum absolute atomic E-state index is 12.8. The quantitative estimate of drug-likeness (QED) is 0.859. The summed E-state index contributed by atoms with van der Waals surface area (Å²) in [5.41, 5.74) is 2.93. The molecule has 126 valence electrons. The molecule has 2 aromatic rings. The first kappa shape index (κ1) is 15.5. The fraction of sp³-hybridized carbons (Fsp3) is 0.444. The fourth-order valence-corrected chi connectivity index (χ4v) is 3.38. The van der Waals surface area contributed by atoms with E-state index in [9.17, 15) is 4.79 Å². The summed E-state index contributed by atoms with van der Waals surface area (Å²) in [5.74, 6) is 0.659. The molecular weight excluding hydrogens is 324 g/mol. The highest BCUT2D eigenvalue weighted by Gasteiger charge is 2.30. The van der Waals surface area contributed by atoms with Crippen molar-refractivity contribution in [2.45, 2.75) is 18.8 Å². The van der Waals surface area contributed by atoms with Gasteiger partial charge >= 0.3 is 0 Å². The van der Waals surface area contributed by atoms with Gasteiger partial charge in [-0.25, -0.2) is 0 Å². The van der Waals surface area contributed by atoms with Gasteiger partial charge in [-0.05, 0) is 43.2 Å². The van der Waals surface area contributed by atoms with Crippen molar-refractivity contribution < 1.29 is 4.79 Å². The van der Waals surface area contributed by atoms with Gasteiger partial charge in [0.2, 0.25) is 0 Å². The average molecular weight is 345 g/mol. The SMILES string of the molecule is Cn1nc(C2CC2)cc1C(=O)N1CCN(c2ccc(Cl)cc2)CC1. The molecule has 0 bridgehead atoms. The number of hydrogen-bond donors (Lipinski definition) is 0. The molecule has 1 aliphatic carbocycles. The zero-order valence-corrected chi connectivity index (χ0v) is 14.5. The highest BCUT2D eigenvalue weighted by Crippen LogP contribution is 2.39. The first-order chi connectivity index (χ1) is 11.6. The third kappa shape index (κ3) is 3.00. The first-order valence-corrected chi connectivity index (χ1v) is 8.83. The van der Waals surface area contributed by atoms with Crippen molar-refractivity contribution in [3.63, 3.8) is 0 Å². The van der Waals surface area contributed by atoms with E-state index in [1.807, 2.05) is 42.3 Å². The minimum absolute atomic E-state index is 0.0904. The predicted octanol–water partition coefficient (Wildman–Crippen LogP) is 2.91. The van der Waals surface area contributed by atoms with Crippen LogP contribution in [-0.4, -0.2) is 46.8 Å². The van der Waals surface area contributed by atoms with Crippen molar-refractivity contribution in [1.29, 1.82) is 0 Å². The number of carbonyl (C=O) groups is 1. The second-order valence-corrected chi connectivity index (χ2v) is 7.04. The maximum atomic E-state index is 12.8. The standard InChI is InChI=1S/C18H21ClN4O/c1-21-17(12-16(20-21)13-2-3-13)18(24)23-10-8-22(9-11-23)15-6-4-14(19)5-7-15/h4-7,12-13H,2-3,8-11H2,1H3. The predicted molar refractivity (Wildman–Crippen MR) is 94.8 cm³/mol. The van der Waals surface area contributed by atoms with E-state index in [1.54, 1.807) is 4.68 Å². The molecule has 1 saturated heterocycles. The highest BCUT2D eigenvalue weighted by molar-refractivity contribution is 6.30. The van der Waals surface area contributed by atoms with E-state index in [0.717, 1.165) is 42.6 Å². The summed E-state index contributed by atoms with van der Waals surface area (Å²) in [6, 6.07) is 9.85. The Hall–Kier alpha value is -2.01. The Morgan fingerprint density at radius 1 is 1.12 bits per heavy atom. The molecular formula is C18H21ClN4O. The summed E-state index contributed by atoms with van der Waals surface area (Å²) in [4.78, 5) is 17.0. The number of hydrogen-bond acceptors (Lipinski definition) is 3. The van der Waals surface area contributed by atoms with Crippen molar-refractivity contribution in [2.75, 3.05) is 31.1 Å². The largest absolute Gasteiger partial charge is 0.368 e. The van der Waals surface area contributed by atoms with Crippen molar-refractivity contribution >= 4 is 23.2 Å². The van der Waals surface area contributed by atoms with E-state index >= 15 is 0 Å². The third-order valence-corrected chi connectivity index (χ3v) is 5.12. The number of benzene rings is 1. The lowest BCUT2D eigenvalue weighted by Gasteiger charge is -2.36. The minimum atomic E-state index is 0.0904. The zero-order chi connectivity index (χ0) is 16.7. The molecule has 2 aliphatic rings. The molecule has 5 nitrogen and oxygen atoms in total. The third-order valence-electron chi connectivity index (χ3n) is 4.87. The molecule has 2 heterocycles. The molecule has 1 aromatic heterocycles. The molecule has 1 amide bonds. The Morgan fingerprint density at radius 3 is 2.42 bits per heavy atom. The summed E-state index contributed by atoms with van der Waals surface area (Å²) in [7, 11) is 1.86. The molecule has 1 saturated carbocycles. The van der Waals surface area contributed by atoms with Crippen LogP contribution in [0.15, 0.2) is 30.3 Å².